The quantitative estimate of drug-likeness (QED) is 0.550. The SMILES string of the molecule is CC[N+](CC)(c1ccccc1)c1cccc2ccccc12. The maximum Gasteiger partial charge on any atom is 0.145 e. The number of hydrogen-bond acceptors (Lipinski definition) is 0. The molecule has 3 rings (SSSR count). The van der Waals surface area contributed by atoms with Gasteiger partial charge in [0.2, 0.25) is 0 Å². The molecule has 3 aromatic carbocycles. The van der Waals surface area contributed by atoms with Gasteiger partial charge in [-0.2, -0.15) is 0 Å². The van der Waals surface area contributed by atoms with Crippen molar-refractivity contribution in [3.63, 3.8) is 0 Å². The van der Waals surface area contributed by atoms with Crippen molar-refractivity contribution < 1.29 is 0 Å². The summed E-state index contributed by atoms with van der Waals surface area (Å²) < 4.78 is 0.891. The van der Waals surface area contributed by atoms with Crippen molar-refractivity contribution in [2.24, 2.45) is 0 Å². The summed E-state index contributed by atoms with van der Waals surface area (Å²) in [5, 5.41) is 2.67. The van der Waals surface area contributed by atoms with Crippen LogP contribution >= 0.6 is 0 Å². The Morgan fingerprint density at radius 1 is 0.667 bits per heavy atom. The lowest BCUT2D eigenvalue weighted by Gasteiger charge is -2.36. The number of rotatable bonds is 4. The minimum atomic E-state index is 0.891. The van der Waals surface area contributed by atoms with E-state index in [4.69, 9.17) is 0 Å². The fourth-order valence-electron chi connectivity index (χ4n) is 3.36. The molecular weight excluding hydrogens is 254 g/mol. The molecule has 1 nitrogen and oxygen atoms in total. The molecule has 0 aromatic heterocycles. The van der Waals surface area contributed by atoms with Crippen LogP contribution in [0.5, 0.6) is 0 Å². The molecule has 0 aliphatic carbocycles. The van der Waals surface area contributed by atoms with Crippen LogP contribution in [0, 0.1) is 0 Å². The second kappa shape index (κ2) is 5.71. The molecule has 0 heterocycles. The molecule has 1 heteroatoms. The molecule has 3 aromatic rings. The fraction of sp³-hybridized carbons (Fsp3) is 0.200. The smallest absolute Gasteiger partial charge is 0.145 e. The van der Waals surface area contributed by atoms with Crippen molar-refractivity contribution in [2.75, 3.05) is 13.1 Å². The highest BCUT2D eigenvalue weighted by atomic mass is 15.4. The summed E-state index contributed by atoms with van der Waals surface area (Å²) in [6.07, 6.45) is 0. The first-order valence-corrected chi connectivity index (χ1v) is 7.73. The molecule has 0 unspecified atom stereocenters. The average Bonchev–Trinajstić information content (AvgIpc) is 2.58. The Kier molecular flexibility index (Phi) is 3.76. The van der Waals surface area contributed by atoms with E-state index in [0.717, 1.165) is 17.6 Å². The van der Waals surface area contributed by atoms with Gasteiger partial charge in [0.05, 0.1) is 13.1 Å². The minimum absolute atomic E-state index is 0.891. The zero-order valence-corrected chi connectivity index (χ0v) is 12.8. The van der Waals surface area contributed by atoms with E-state index in [1.165, 1.54) is 22.1 Å². The first kappa shape index (κ1) is 13.8. The largest absolute Gasteiger partial charge is 0.259 e. The van der Waals surface area contributed by atoms with Gasteiger partial charge >= 0.3 is 0 Å². The van der Waals surface area contributed by atoms with E-state index < -0.39 is 0 Å². The highest BCUT2D eigenvalue weighted by Gasteiger charge is 2.31. The highest BCUT2D eigenvalue weighted by Crippen LogP contribution is 2.38. The summed E-state index contributed by atoms with van der Waals surface area (Å²) in [5.74, 6) is 0. The Morgan fingerprint density at radius 3 is 2.00 bits per heavy atom. The van der Waals surface area contributed by atoms with Crippen LogP contribution in [0.1, 0.15) is 13.8 Å². The standard InChI is InChI=1S/C20H22N/c1-3-21(4-2,18-13-6-5-7-14-18)20-16-10-12-17-11-8-9-15-19(17)20/h5-16H,3-4H2,1-2H3/q+1. The molecule has 0 N–H and O–H groups in total. The van der Waals surface area contributed by atoms with E-state index in [0.29, 0.717) is 0 Å². The second-order valence-electron chi connectivity index (χ2n) is 5.43. The van der Waals surface area contributed by atoms with Crippen LogP contribution in [0.4, 0.5) is 11.4 Å². The number of fused-ring (bicyclic) bond motifs is 1. The number of para-hydroxylation sites is 1. The van der Waals surface area contributed by atoms with E-state index in [-0.39, 0.29) is 0 Å². The molecule has 0 aliphatic heterocycles. The molecular formula is C20H22N+. The highest BCUT2D eigenvalue weighted by molar-refractivity contribution is 5.94. The summed E-state index contributed by atoms with van der Waals surface area (Å²) in [4.78, 5) is 0. The number of quaternary nitrogens is 1. The lowest BCUT2D eigenvalue weighted by molar-refractivity contribution is 0.424. The van der Waals surface area contributed by atoms with Gasteiger partial charge in [-0.1, -0.05) is 48.5 Å². The minimum Gasteiger partial charge on any atom is -0.259 e. The third-order valence-corrected chi connectivity index (χ3v) is 4.56. The van der Waals surface area contributed by atoms with E-state index >= 15 is 0 Å². The Balaban J connectivity index is 2.30. The van der Waals surface area contributed by atoms with Crippen molar-refractivity contribution in [2.45, 2.75) is 13.8 Å². The first-order valence-electron chi connectivity index (χ1n) is 7.73. The summed E-state index contributed by atoms with van der Waals surface area (Å²) in [6.45, 7) is 6.65. The van der Waals surface area contributed by atoms with Crippen molar-refractivity contribution >= 4 is 22.1 Å². The summed E-state index contributed by atoms with van der Waals surface area (Å²) in [5.41, 5.74) is 2.75. The van der Waals surface area contributed by atoms with Gasteiger partial charge in [0.15, 0.2) is 0 Å². The first-order chi connectivity index (χ1) is 10.3. The summed E-state index contributed by atoms with van der Waals surface area (Å²) in [6, 6.07) is 26.2. The van der Waals surface area contributed by atoms with Gasteiger partial charge in [-0.3, -0.25) is 4.48 Å². The topological polar surface area (TPSA) is 0 Å². The molecule has 0 aliphatic rings. The number of nitrogens with zero attached hydrogens (tertiary/aromatic N) is 1. The van der Waals surface area contributed by atoms with Gasteiger partial charge in [-0.25, -0.2) is 0 Å². The summed E-state index contributed by atoms with van der Waals surface area (Å²) >= 11 is 0. The Morgan fingerprint density at radius 2 is 1.29 bits per heavy atom. The van der Waals surface area contributed by atoms with Crippen molar-refractivity contribution in [1.82, 2.24) is 4.48 Å². The average molecular weight is 276 g/mol. The van der Waals surface area contributed by atoms with E-state index in [1.54, 1.807) is 0 Å². The molecule has 21 heavy (non-hydrogen) atoms. The lowest BCUT2D eigenvalue weighted by atomic mass is 10.0. The Labute approximate surface area is 127 Å². The number of benzene rings is 3. The molecule has 0 saturated heterocycles. The van der Waals surface area contributed by atoms with Gasteiger partial charge in [0, 0.05) is 11.5 Å². The predicted molar refractivity (Wildman–Crippen MR) is 92.9 cm³/mol. The Hall–Kier alpha value is -2.12. The molecule has 106 valence electrons. The number of hydrogen-bond donors (Lipinski definition) is 0. The monoisotopic (exact) mass is 276 g/mol. The van der Waals surface area contributed by atoms with Crippen LogP contribution in [0.2, 0.25) is 0 Å². The molecule has 0 fully saturated rings. The molecule has 0 bridgehead atoms. The lowest BCUT2D eigenvalue weighted by Crippen LogP contribution is -2.43. The molecule has 0 radical (unpaired) electrons. The van der Waals surface area contributed by atoms with Crippen LogP contribution in [-0.2, 0) is 0 Å². The molecule has 0 amide bonds. The van der Waals surface area contributed by atoms with Crippen LogP contribution in [0.15, 0.2) is 72.8 Å². The van der Waals surface area contributed by atoms with Crippen molar-refractivity contribution in [3.05, 3.63) is 72.8 Å². The van der Waals surface area contributed by atoms with E-state index in [2.05, 4.69) is 86.6 Å². The maximum atomic E-state index is 2.28. The molecule has 0 atom stereocenters. The molecule has 0 saturated carbocycles. The third kappa shape index (κ3) is 2.24. The predicted octanol–water partition coefficient (Wildman–Crippen LogP) is 5.52. The van der Waals surface area contributed by atoms with Crippen LogP contribution in [0.25, 0.3) is 10.8 Å². The van der Waals surface area contributed by atoms with Crippen molar-refractivity contribution in [3.8, 4) is 0 Å². The van der Waals surface area contributed by atoms with Gasteiger partial charge < -0.3 is 0 Å². The van der Waals surface area contributed by atoms with Crippen LogP contribution < -0.4 is 4.48 Å². The van der Waals surface area contributed by atoms with Gasteiger partial charge in [-0.15, -0.1) is 0 Å². The zero-order valence-electron chi connectivity index (χ0n) is 12.8. The van der Waals surface area contributed by atoms with Gasteiger partial charge in [0.1, 0.15) is 11.4 Å². The van der Waals surface area contributed by atoms with Crippen LogP contribution in [-0.4, -0.2) is 13.1 Å². The zero-order chi connectivity index (χ0) is 14.7. The second-order valence-corrected chi connectivity index (χ2v) is 5.43. The van der Waals surface area contributed by atoms with Crippen LogP contribution in [0.3, 0.4) is 0 Å². The fourth-order valence-corrected chi connectivity index (χ4v) is 3.36. The van der Waals surface area contributed by atoms with Gasteiger partial charge in [0.25, 0.3) is 0 Å². The van der Waals surface area contributed by atoms with Crippen molar-refractivity contribution in [1.29, 1.82) is 0 Å². The van der Waals surface area contributed by atoms with E-state index in [9.17, 15) is 0 Å². The Bertz CT molecular complexity index is 722. The third-order valence-electron chi connectivity index (χ3n) is 4.56. The van der Waals surface area contributed by atoms with E-state index in [1.807, 2.05) is 0 Å². The van der Waals surface area contributed by atoms with Gasteiger partial charge in [-0.05, 0) is 37.4 Å². The summed E-state index contributed by atoms with van der Waals surface area (Å²) in [7, 11) is 0. The maximum absolute atomic E-state index is 2.28. The molecule has 0 spiro atoms. The normalized spacial score (nSPS) is 11.7.